The Kier molecular flexibility index (Phi) is 6.23. The van der Waals surface area contributed by atoms with Crippen LogP contribution < -0.4 is 5.32 Å². The zero-order valence-corrected chi connectivity index (χ0v) is 13.2. The molecule has 116 valence electrons. The number of aliphatic hydroxyl groups is 1. The highest BCUT2D eigenvalue weighted by molar-refractivity contribution is 6.32. The standard InChI is InChI=1S/C14H19Cl2N3O2/c15-12-5-11(6-13(16)18-12)8-19-3-1-10(2-4-19)7-17-14(21)9-20/h5-6,10,20H,1-4,7-9H2,(H,17,21). The van der Waals surface area contributed by atoms with Crippen LogP contribution in [0, 0.1) is 5.92 Å². The molecule has 0 bridgehead atoms. The molecular formula is C14H19Cl2N3O2. The molecule has 1 aromatic heterocycles. The molecule has 1 amide bonds. The molecule has 0 aliphatic carbocycles. The zero-order valence-electron chi connectivity index (χ0n) is 11.7. The van der Waals surface area contributed by atoms with E-state index in [0.717, 1.165) is 38.0 Å². The van der Waals surface area contributed by atoms with Gasteiger partial charge in [-0.15, -0.1) is 0 Å². The number of nitrogens with zero attached hydrogens (tertiary/aromatic N) is 2. The number of piperidine rings is 1. The maximum Gasteiger partial charge on any atom is 0.245 e. The summed E-state index contributed by atoms with van der Waals surface area (Å²) >= 11 is 11.8. The Morgan fingerprint density at radius 1 is 1.33 bits per heavy atom. The van der Waals surface area contributed by atoms with Gasteiger partial charge >= 0.3 is 0 Å². The molecule has 0 unspecified atom stereocenters. The zero-order chi connectivity index (χ0) is 15.2. The lowest BCUT2D eigenvalue weighted by Gasteiger charge is -2.32. The van der Waals surface area contributed by atoms with Gasteiger partial charge in [-0.3, -0.25) is 9.69 Å². The second-order valence-corrected chi connectivity index (χ2v) is 6.08. The van der Waals surface area contributed by atoms with Crippen LogP contribution in [0.1, 0.15) is 18.4 Å². The van der Waals surface area contributed by atoms with Gasteiger partial charge < -0.3 is 10.4 Å². The number of amides is 1. The largest absolute Gasteiger partial charge is 0.387 e. The number of nitrogens with one attached hydrogen (secondary N) is 1. The molecule has 0 radical (unpaired) electrons. The SMILES string of the molecule is O=C(CO)NCC1CCN(Cc2cc(Cl)nc(Cl)c2)CC1. The predicted molar refractivity (Wildman–Crippen MR) is 82.4 cm³/mol. The number of aliphatic hydroxyl groups excluding tert-OH is 1. The van der Waals surface area contributed by atoms with Crippen LogP contribution in [0.4, 0.5) is 0 Å². The monoisotopic (exact) mass is 331 g/mol. The van der Waals surface area contributed by atoms with Crippen molar-refractivity contribution in [1.29, 1.82) is 0 Å². The fourth-order valence-corrected chi connectivity index (χ4v) is 3.03. The molecule has 0 atom stereocenters. The van der Waals surface area contributed by atoms with Gasteiger partial charge in [0.1, 0.15) is 16.9 Å². The number of hydrogen-bond acceptors (Lipinski definition) is 4. The van der Waals surface area contributed by atoms with Gasteiger partial charge in [0.05, 0.1) is 0 Å². The van der Waals surface area contributed by atoms with Gasteiger partial charge in [0, 0.05) is 13.1 Å². The third kappa shape index (κ3) is 5.43. The number of rotatable bonds is 5. The summed E-state index contributed by atoms with van der Waals surface area (Å²) in [5.41, 5.74) is 1.06. The second-order valence-electron chi connectivity index (χ2n) is 5.30. The van der Waals surface area contributed by atoms with Crippen molar-refractivity contribution in [3.8, 4) is 0 Å². The Balaban J connectivity index is 1.77. The van der Waals surface area contributed by atoms with Crippen molar-refractivity contribution in [2.24, 2.45) is 5.92 Å². The molecule has 1 saturated heterocycles. The van der Waals surface area contributed by atoms with E-state index < -0.39 is 6.61 Å². The first kappa shape index (κ1) is 16.5. The highest BCUT2D eigenvalue weighted by Gasteiger charge is 2.19. The number of hydrogen-bond donors (Lipinski definition) is 2. The predicted octanol–water partition coefficient (Wildman–Crippen LogP) is 1.71. The maximum atomic E-state index is 11.0. The average Bonchev–Trinajstić information content (AvgIpc) is 2.45. The molecule has 7 heteroatoms. The van der Waals surface area contributed by atoms with E-state index in [1.807, 2.05) is 12.1 Å². The van der Waals surface area contributed by atoms with Crippen molar-refractivity contribution in [3.05, 3.63) is 28.0 Å². The number of carbonyl (C=O) groups excluding carboxylic acids is 1. The van der Waals surface area contributed by atoms with Crippen molar-refractivity contribution < 1.29 is 9.90 Å². The van der Waals surface area contributed by atoms with Crippen molar-refractivity contribution in [2.75, 3.05) is 26.2 Å². The first-order chi connectivity index (χ1) is 10.1. The lowest BCUT2D eigenvalue weighted by molar-refractivity contribution is -0.124. The summed E-state index contributed by atoms with van der Waals surface area (Å²) in [5, 5.41) is 12.2. The lowest BCUT2D eigenvalue weighted by Crippen LogP contribution is -2.38. The Hall–Kier alpha value is -0.880. The van der Waals surface area contributed by atoms with E-state index in [2.05, 4.69) is 15.2 Å². The second kappa shape index (κ2) is 7.94. The molecular weight excluding hydrogens is 313 g/mol. The Morgan fingerprint density at radius 2 is 1.95 bits per heavy atom. The Labute approximate surface area is 134 Å². The fraction of sp³-hybridized carbons (Fsp3) is 0.571. The molecule has 0 saturated carbocycles. The minimum absolute atomic E-state index is 0.307. The minimum Gasteiger partial charge on any atom is -0.387 e. The van der Waals surface area contributed by atoms with Gasteiger partial charge in [0.25, 0.3) is 0 Å². The maximum absolute atomic E-state index is 11.0. The first-order valence-electron chi connectivity index (χ1n) is 6.98. The number of aromatic nitrogens is 1. The van der Waals surface area contributed by atoms with Crippen LogP contribution >= 0.6 is 23.2 Å². The molecule has 5 nitrogen and oxygen atoms in total. The molecule has 0 spiro atoms. The molecule has 2 rings (SSSR count). The molecule has 21 heavy (non-hydrogen) atoms. The van der Waals surface area contributed by atoms with Gasteiger partial charge in [0.15, 0.2) is 0 Å². The van der Waals surface area contributed by atoms with E-state index >= 15 is 0 Å². The van der Waals surface area contributed by atoms with E-state index in [-0.39, 0.29) is 5.91 Å². The minimum atomic E-state index is -0.442. The summed E-state index contributed by atoms with van der Waals surface area (Å²) in [6.45, 7) is 2.94. The topological polar surface area (TPSA) is 65.5 Å². The van der Waals surface area contributed by atoms with Crippen LogP contribution in [0.5, 0.6) is 0 Å². The van der Waals surface area contributed by atoms with E-state index in [9.17, 15) is 4.79 Å². The summed E-state index contributed by atoms with van der Waals surface area (Å²) in [4.78, 5) is 17.3. The first-order valence-corrected chi connectivity index (χ1v) is 7.74. The number of carbonyl (C=O) groups is 1. The summed E-state index contributed by atoms with van der Waals surface area (Å²) in [6, 6.07) is 3.67. The summed E-state index contributed by atoms with van der Waals surface area (Å²) in [6.07, 6.45) is 2.05. The molecule has 0 aromatic carbocycles. The highest BCUT2D eigenvalue weighted by atomic mass is 35.5. The molecule has 2 N–H and O–H groups in total. The fourth-order valence-electron chi connectivity index (χ4n) is 2.53. The highest BCUT2D eigenvalue weighted by Crippen LogP contribution is 2.21. The summed E-state index contributed by atoms with van der Waals surface area (Å²) in [7, 11) is 0. The van der Waals surface area contributed by atoms with Crippen LogP contribution in [0.3, 0.4) is 0 Å². The van der Waals surface area contributed by atoms with E-state index in [1.54, 1.807) is 0 Å². The van der Waals surface area contributed by atoms with Crippen LogP contribution in [-0.4, -0.2) is 47.1 Å². The van der Waals surface area contributed by atoms with Gasteiger partial charge in [-0.1, -0.05) is 23.2 Å². The quantitative estimate of drug-likeness (QED) is 0.806. The molecule has 1 aliphatic rings. The van der Waals surface area contributed by atoms with Crippen LogP contribution in [0.2, 0.25) is 10.3 Å². The van der Waals surface area contributed by atoms with Gasteiger partial charge in [-0.25, -0.2) is 4.98 Å². The van der Waals surface area contributed by atoms with Crippen molar-refractivity contribution in [3.63, 3.8) is 0 Å². The average molecular weight is 332 g/mol. The molecule has 1 fully saturated rings. The van der Waals surface area contributed by atoms with E-state index in [1.165, 1.54) is 0 Å². The number of likely N-dealkylation sites (tertiary alicyclic amines) is 1. The number of pyridine rings is 1. The normalized spacial score (nSPS) is 16.9. The van der Waals surface area contributed by atoms with Gasteiger partial charge in [-0.05, 0) is 49.5 Å². The molecule has 1 aromatic rings. The van der Waals surface area contributed by atoms with Crippen LogP contribution in [0.15, 0.2) is 12.1 Å². The Morgan fingerprint density at radius 3 is 2.52 bits per heavy atom. The third-order valence-corrected chi connectivity index (χ3v) is 4.05. The van der Waals surface area contributed by atoms with Crippen molar-refractivity contribution >= 4 is 29.1 Å². The van der Waals surface area contributed by atoms with Crippen molar-refractivity contribution in [2.45, 2.75) is 19.4 Å². The van der Waals surface area contributed by atoms with Crippen LogP contribution in [0.25, 0.3) is 0 Å². The van der Waals surface area contributed by atoms with E-state index in [4.69, 9.17) is 28.3 Å². The van der Waals surface area contributed by atoms with Crippen molar-refractivity contribution in [1.82, 2.24) is 15.2 Å². The van der Waals surface area contributed by atoms with Gasteiger partial charge in [0.2, 0.25) is 5.91 Å². The summed E-state index contributed by atoms with van der Waals surface area (Å²) in [5.74, 6) is 0.167. The van der Waals surface area contributed by atoms with Crippen LogP contribution in [-0.2, 0) is 11.3 Å². The molecule has 2 heterocycles. The van der Waals surface area contributed by atoms with Gasteiger partial charge in [-0.2, -0.15) is 0 Å². The Bertz CT molecular complexity index is 471. The smallest absolute Gasteiger partial charge is 0.245 e. The van der Waals surface area contributed by atoms with E-state index in [0.29, 0.717) is 22.8 Å². The molecule has 1 aliphatic heterocycles. The number of halogens is 2. The lowest BCUT2D eigenvalue weighted by atomic mass is 9.96. The third-order valence-electron chi connectivity index (χ3n) is 3.67. The summed E-state index contributed by atoms with van der Waals surface area (Å²) < 4.78 is 0.